The van der Waals surface area contributed by atoms with Crippen LogP contribution in [-0.2, 0) is 13.5 Å². The monoisotopic (exact) mass is 247 g/mol. The maximum atomic E-state index is 5.28. The Balaban J connectivity index is 1.96. The minimum Gasteiger partial charge on any atom is -0.369 e. The highest BCUT2D eigenvalue weighted by Crippen LogP contribution is 2.11. The lowest BCUT2D eigenvalue weighted by atomic mass is 10.3. The van der Waals surface area contributed by atoms with E-state index in [9.17, 15) is 0 Å². The van der Waals surface area contributed by atoms with Crippen LogP contribution in [0.3, 0.4) is 0 Å². The molecule has 4 N–H and O–H groups in total. The smallest absolute Gasteiger partial charge is 0.239 e. The van der Waals surface area contributed by atoms with Gasteiger partial charge in [0.2, 0.25) is 5.95 Å². The lowest BCUT2D eigenvalue weighted by Crippen LogP contribution is -2.14. The fraction of sp³-hybridized carbons (Fsp3) is 0.364. The minimum atomic E-state index is 0.406. The summed E-state index contributed by atoms with van der Waals surface area (Å²) in [5, 5.41) is 7.39. The van der Waals surface area contributed by atoms with Crippen LogP contribution in [0, 0.1) is 6.92 Å². The van der Waals surface area contributed by atoms with Crippen LogP contribution in [0.1, 0.15) is 11.3 Å². The number of hydrogen-bond acceptors (Lipinski definition) is 6. The lowest BCUT2D eigenvalue weighted by molar-refractivity contribution is 0.711. The van der Waals surface area contributed by atoms with Gasteiger partial charge in [-0.1, -0.05) is 0 Å². The third kappa shape index (κ3) is 2.75. The number of aromatic nitrogens is 4. The molecule has 0 aliphatic carbocycles. The van der Waals surface area contributed by atoms with Crippen LogP contribution in [0.2, 0.25) is 0 Å². The van der Waals surface area contributed by atoms with Crippen molar-refractivity contribution in [3.05, 3.63) is 29.7 Å². The van der Waals surface area contributed by atoms with E-state index in [2.05, 4.69) is 25.8 Å². The minimum absolute atomic E-state index is 0.406. The average Bonchev–Trinajstić information content (AvgIpc) is 2.77. The van der Waals surface area contributed by atoms with E-state index in [0.717, 1.165) is 24.3 Å². The van der Waals surface area contributed by atoms with E-state index < -0.39 is 0 Å². The van der Waals surface area contributed by atoms with E-state index in [4.69, 9.17) is 5.84 Å². The molecular formula is C11H17N7. The van der Waals surface area contributed by atoms with E-state index in [1.54, 1.807) is 12.4 Å². The summed E-state index contributed by atoms with van der Waals surface area (Å²) in [4.78, 5) is 8.28. The van der Waals surface area contributed by atoms with Crippen LogP contribution >= 0.6 is 0 Å². The molecule has 0 aliphatic heterocycles. The van der Waals surface area contributed by atoms with Gasteiger partial charge >= 0.3 is 0 Å². The van der Waals surface area contributed by atoms with E-state index in [0.29, 0.717) is 5.95 Å². The Kier molecular flexibility index (Phi) is 3.73. The summed E-state index contributed by atoms with van der Waals surface area (Å²) in [5.41, 5.74) is 4.59. The normalized spacial score (nSPS) is 10.4. The maximum Gasteiger partial charge on any atom is 0.239 e. The average molecular weight is 247 g/mol. The Labute approximate surface area is 105 Å². The SMILES string of the molecule is Cc1cnc(NN)nc1NCCc1ccnn1C. The Morgan fingerprint density at radius 2 is 2.28 bits per heavy atom. The van der Waals surface area contributed by atoms with E-state index in [1.807, 2.05) is 24.7 Å². The molecule has 7 nitrogen and oxygen atoms in total. The van der Waals surface area contributed by atoms with Crippen molar-refractivity contribution in [2.75, 3.05) is 17.3 Å². The molecule has 0 atom stereocenters. The Hall–Kier alpha value is -2.15. The quantitative estimate of drug-likeness (QED) is 0.525. The molecule has 0 spiro atoms. The van der Waals surface area contributed by atoms with Crippen molar-refractivity contribution in [2.45, 2.75) is 13.3 Å². The first-order valence-electron chi connectivity index (χ1n) is 5.71. The van der Waals surface area contributed by atoms with Gasteiger partial charge in [-0.25, -0.2) is 10.8 Å². The summed E-state index contributed by atoms with van der Waals surface area (Å²) >= 11 is 0. The van der Waals surface area contributed by atoms with Crippen molar-refractivity contribution >= 4 is 11.8 Å². The molecule has 2 rings (SSSR count). The number of nitrogen functional groups attached to an aromatic ring is 1. The van der Waals surface area contributed by atoms with Crippen molar-refractivity contribution < 1.29 is 0 Å². The highest BCUT2D eigenvalue weighted by Gasteiger charge is 2.03. The van der Waals surface area contributed by atoms with Gasteiger partial charge in [-0.2, -0.15) is 10.1 Å². The topological polar surface area (TPSA) is 93.7 Å². The predicted molar refractivity (Wildman–Crippen MR) is 70.0 cm³/mol. The zero-order valence-electron chi connectivity index (χ0n) is 10.5. The van der Waals surface area contributed by atoms with Crippen molar-refractivity contribution in [3.8, 4) is 0 Å². The molecule has 0 saturated carbocycles. The van der Waals surface area contributed by atoms with Gasteiger partial charge in [-0.3, -0.25) is 10.1 Å². The van der Waals surface area contributed by atoms with Gasteiger partial charge in [0.1, 0.15) is 5.82 Å². The van der Waals surface area contributed by atoms with Crippen molar-refractivity contribution in [1.29, 1.82) is 0 Å². The van der Waals surface area contributed by atoms with Gasteiger partial charge in [0.25, 0.3) is 0 Å². The second kappa shape index (κ2) is 5.46. The van der Waals surface area contributed by atoms with Crippen LogP contribution in [0.5, 0.6) is 0 Å². The molecule has 0 fully saturated rings. The molecule has 0 radical (unpaired) electrons. The van der Waals surface area contributed by atoms with Crippen LogP contribution < -0.4 is 16.6 Å². The third-order valence-corrected chi connectivity index (χ3v) is 2.70. The molecule has 0 amide bonds. The number of nitrogens with one attached hydrogen (secondary N) is 2. The molecule has 2 aromatic rings. The van der Waals surface area contributed by atoms with E-state index in [1.165, 1.54) is 5.69 Å². The third-order valence-electron chi connectivity index (χ3n) is 2.70. The standard InChI is InChI=1S/C11H17N7/c1-8-7-14-11(17-12)16-10(8)13-5-3-9-4-6-15-18(9)2/h4,6-7H,3,5,12H2,1-2H3,(H2,13,14,16,17). The predicted octanol–water partition coefficient (Wildman–Crippen LogP) is 0.459. The van der Waals surface area contributed by atoms with Gasteiger partial charge in [-0.05, 0) is 13.0 Å². The zero-order valence-corrected chi connectivity index (χ0v) is 10.5. The molecule has 0 bridgehead atoms. The maximum absolute atomic E-state index is 5.28. The van der Waals surface area contributed by atoms with Gasteiger partial charge in [0.15, 0.2) is 0 Å². The number of anilines is 2. The fourth-order valence-electron chi connectivity index (χ4n) is 1.65. The van der Waals surface area contributed by atoms with Crippen molar-refractivity contribution in [1.82, 2.24) is 19.7 Å². The molecule has 7 heteroatoms. The number of nitrogens with zero attached hydrogens (tertiary/aromatic N) is 4. The fourth-order valence-corrected chi connectivity index (χ4v) is 1.65. The van der Waals surface area contributed by atoms with Crippen LogP contribution in [-0.4, -0.2) is 26.3 Å². The van der Waals surface area contributed by atoms with Crippen LogP contribution in [0.25, 0.3) is 0 Å². The summed E-state index contributed by atoms with van der Waals surface area (Å²) in [6, 6.07) is 2.00. The van der Waals surface area contributed by atoms with Gasteiger partial charge in [-0.15, -0.1) is 0 Å². The van der Waals surface area contributed by atoms with Crippen molar-refractivity contribution in [3.63, 3.8) is 0 Å². The summed E-state index contributed by atoms with van der Waals surface area (Å²) in [6.45, 7) is 2.73. The summed E-state index contributed by atoms with van der Waals surface area (Å²) in [5.74, 6) is 6.48. The highest BCUT2D eigenvalue weighted by molar-refractivity contribution is 5.46. The number of aryl methyl sites for hydroxylation is 2. The second-order valence-corrected chi connectivity index (χ2v) is 3.99. The first-order chi connectivity index (χ1) is 8.70. The Morgan fingerprint density at radius 3 is 2.94 bits per heavy atom. The van der Waals surface area contributed by atoms with E-state index in [-0.39, 0.29) is 0 Å². The lowest BCUT2D eigenvalue weighted by Gasteiger charge is -2.09. The zero-order chi connectivity index (χ0) is 13.0. The molecule has 0 aromatic carbocycles. The molecule has 2 aromatic heterocycles. The molecule has 96 valence electrons. The molecule has 0 saturated heterocycles. The number of hydrazine groups is 1. The van der Waals surface area contributed by atoms with Gasteiger partial charge < -0.3 is 5.32 Å². The number of hydrogen-bond donors (Lipinski definition) is 3. The Bertz CT molecular complexity index is 520. The highest BCUT2D eigenvalue weighted by atomic mass is 15.3. The number of nitrogens with two attached hydrogens (primary N) is 1. The van der Waals surface area contributed by atoms with Crippen molar-refractivity contribution in [2.24, 2.45) is 12.9 Å². The van der Waals surface area contributed by atoms with Gasteiger partial charge in [0, 0.05) is 43.7 Å². The molecule has 0 aliphatic rings. The molecule has 0 unspecified atom stereocenters. The first kappa shape index (κ1) is 12.3. The molecular weight excluding hydrogens is 230 g/mol. The summed E-state index contributed by atoms with van der Waals surface area (Å²) < 4.78 is 1.86. The number of rotatable bonds is 5. The first-order valence-corrected chi connectivity index (χ1v) is 5.71. The van der Waals surface area contributed by atoms with Gasteiger partial charge in [0.05, 0.1) is 0 Å². The van der Waals surface area contributed by atoms with E-state index >= 15 is 0 Å². The second-order valence-electron chi connectivity index (χ2n) is 3.99. The Morgan fingerprint density at radius 1 is 1.44 bits per heavy atom. The van der Waals surface area contributed by atoms with Crippen LogP contribution in [0.15, 0.2) is 18.5 Å². The van der Waals surface area contributed by atoms with Crippen LogP contribution in [0.4, 0.5) is 11.8 Å². The molecule has 18 heavy (non-hydrogen) atoms. The largest absolute Gasteiger partial charge is 0.369 e. The molecule has 2 heterocycles. The summed E-state index contributed by atoms with van der Waals surface area (Å²) in [7, 11) is 1.93. The summed E-state index contributed by atoms with van der Waals surface area (Å²) in [6.07, 6.45) is 4.40.